The smallest absolute Gasteiger partial charge is 0.270 e. The molecule has 0 fully saturated rings. The zero-order valence-corrected chi connectivity index (χ0v) is 12.6. The number of carbonyl (C=O) groups excluding carboxylic acids is 1. The van der Waals surface area contributed by atoms with Gasteiger partial charge in [-0.3, -0.25) is 14.9 Å². The van der Waals surface area contributed by atoms with Gasteiger partial charge in [-0.25, -0.2) is 0 Å². The van der Waals surface area contributed by atoms with E-state index in [9.17, 15) is 14.9 Å². The van der Waals surface area contributed by atoms with Crippen molar-refractivity contribution in [2.75, 3.05) is 14.1 Å². The van der Waals surface area contributed by atoms with E-state index in [4.69, 9.17) is 0 Å². The van der Waals surface area contributed by atoms with Crippen LogP contribution in [-0.4, -0.2) is 35.9 Å². The van der Waals surface area contributed by atoms with Crippen molar-refractivity contribution < 1.29 is 9.72 Å². The second-order valence-corrected chi connectivity index (χ2v) is 5.22. The molecular weight excluding hydrogens is 314 g/mol. The number of nitro groups is 1. The Balaban J connectivity index is 2.68. The van der Waals surface area contributed by atoms with Gasteiger partial charge < -0.3 is 10.2 Å². The number of amides is 1. The third-order valence-electron chi connectivity index (χ3n) is 2.66. The number of nitro benzene ring substituents is 1. The lowest BCUT2D eigenvalue weighted by Gasteiger charge is -2.18. The van der Waals surface area contributed by atoms with E-state index in [0.29, 0.717) is 11.0 Å². The Bertz CT molecular complexity index is 491. The van der Waals surface area contributed by atoms with Gasteiger partial charge in [-0.05, 0) is 18.6 Å². The van der Waals surface area contributed by atoms with Crippen molar-refractivity contribution in [2.45, 2.75) is 19.5 Å². The predicted molar refractivity (Wildman–Crippen MR) is 75.8 cm³/mol. The predicted octanol–water partition coefficient (Wildman–Crippen LogP) is 1.92. The van der Waals surface area contributed by atoms with Crippen LogP contribution in [0.1, 0.15) is 12.5 Å². The maximum atomic E-state index is 11.7. The molecule has 0 saturated carbocycles. The molecule has 0 aliphatic heterocycles. The van der Waals surface area contributed by atoms with Gasteiger partial charge in [0.2, 0.25) is 5.91 Å². The molecule has 0 saturated heterocycles. The first-order valence-corrected chi connectivity index (χ1v) is 6.49. The summed E-state index contributed by atoms with van der Waals surface area (Å²) in [6.07, 6.45) is 0. The lowest BCUT2D eigenvalue weighted by Crippen LogP contribution is -2.41. The van der Waals surface area contributed by atoms with E-state index in [2.05, 4.69) is 21.2 Å². The van der Waals surface area contributed by atoms with Crippen LogP contribution in [0.5, 0.6) is 0 Å². The Morgan fingerprint density at radius 3 is 2.63 bits per heavy atom. The van der Waals surface area contributed by atoms with Gasteiger partial charge >= 0.3 is 0 Å². The number of non-ortho nitro benzene ring substituents is 1. The lowest BCUT2D eigenvalue weighted by molar-refractivity contribution is -0.384. The van der Waals surface area contributed by atoms with Crippen LogP contribution in [-0.2, 0) is 11.3 Å². The van der Waals surface area contributed by atoms with Crippen molar-refractivity contribution in [1.29, 1.82) is 0 Å². The second kappa shape index (κ2) is 6.63. The lowest BCUT2D eigenvalue weighted by atomic mass is 10.2. The van der Waals surface area contributed by atoms with Crippen LogP contribution in [0.2, 0.25) is 0 Å². The maximum absolute atomic E-state index is 11.7. The van der Waals surface area contributed by atoms with Crippen LogP contribution in [0, 0.1) is 10.1 Å². The Hall–Kier alpha value is -1.47. The molecule has 1 aromatic rings. The zero-order chi connectivity index (χ0) is 14.6. The van der Waals surface area contributed by atoms with Crippen molar-refractivity contribution in [3.8, 4) is 0 Å². The number of nitrogens with zero attached hydrogens (tertiary/aromatic N) is 2. The van der Waals surface area contributed by atoms with Crippen LogP contribution in [0.4, 0.5) is 5.69 Å². The molecule has 0 spiro atoms. The fraction of sp³-hybridized carbons (Fsp3) is 0.417. The van der Waals surface area contributed by atoms with Gasteiger partial charge in [0.05, 0.1) is 11.0 Å². The normalized spacial score (nSPS) is 12.0. The summed E-state index contributed by atoms with van der Waals surface area (Å²) in [4.78, 5) is 23.3. The standard InChI is InChI=1S/C12H16BrN3O3/c1-8(12(17)15(2)3)14-7-9-4-5-10(16(18)19)6-11(9)13/h4-6,8,14H,7H2,1-3H3. The minimum Gasteiger partial charge on any atom is -0.347 e. The van der Waals surface area contributed by atoms with Crippen molar-refractivity contribution in [1.82, 2.24) is 10.2 Å². The second-order valence-electron chi connectivity index (χ2n) is 4.37. The number of nitrogens with one attached hydrogen (secondary N) is 1. The van der Waals surface area contributed by atoms with Crippen LogP contribution in [0.15, 0.2) is 22.7 Å². The first kappa shape index (κ1) is 15.6. The van der Waals surface area contributed by atoms with E-state index < -0.39 is 4.92 Å². The molecule has 0 radical (unpaired) electrons. The van der Waals surface area contributed by atoms with E-state index in [-0.39, 0.29) is 17.6 Å². The van der Waals surface area contributed by atoms with Crippen molar-refractivity contribution in [2.24, 2.45) is 0 Å². The Labute approximate surface area is 120 Å². The highest BCUT2D eigenvalue weighted by Gasteiger charge is 2.15. The molecule has 1 atom stereocenters. The summed E-state index contributed by atoms with van der Waals surface area (Å²) in [5.74, 6) is -0.0157. The van der Waals surface area contributed by atoms with Crippen molar-refractivity contribution >= 4 is 27.5 Å². The maximum Gasteiger partial charge on any atom is 0.270 e. The van der Waals surface area contributed by atoms with E-state index in [1.54, 1.807) is 27.1 Å². The summed E-state index contributed by atoms with van der Waals surface area (Å²) >= 11 is 3.29. The molecule has 104 valence electrons. The zero-order valence-electron chi connectivity index (χ0n) is 11.0. The molecule has 1 aromatic carbocycles. The molecule has 0 aliphatic rings. The monoisotopic (exact) mass is 329 g/mol. The van der Waals surface area contributed by atoms with E-state index in [0.717, 1.165) is 5.56 Å². The summed E-state index contributed by atoms with van der Waals surface area (Å²) in [6, 6.07) is 4.26. The fourth-order valence-electron chi connectivity index (χ4n) is 1.53. The average molecular weight is 330 g/mol. The number of likely N-dealkylation sites (N-methyl/N-ethyl adjacent to an activating group) is 1. The number of benzene rings is 1. The summed E-state index contributed by atoms with van der Waals surface area (Å²) in [5, 5.41) is 13.7. The number of rotatable bonds is 5. The van der Waals surface area contributed by atoms with Crippen LogP contribution < -0.4 is 5.32 Å². The molecule has 6 nitrogen and oxygen atoms in total. The van der Waals surface area contributed by atoms with Gasteiger partial charge in [0.1, 0.15) is 0 Å². The molecule has 1 rings (SSSR count). The first-order valence-electron chi connectivity index (χ1n) is 5.70. The van der Waals surface area contributed by atoms with Crippen LogP contribution in [0.3, 0.4) is 0 Å². The molecule has 0 bridgehead atoms. The summed E-state index contributed by atoms with van der Waals surface area (Å²) < 4.78 is 0.652. The number of carbonyl (C=O) groups is 1. The summed E-state index contributed by atoms with van der Waals surface area (Å²) in [7, 11) is 3.39. The topological polar surface area (TPSA) is 75.5 Å². The summed E-state index contributed by atoms with van der Waals surface area (Å²) in [6.45, 7) is 2.24. The molecule has 0 heterocycles. The minimum atomic E-state index is -0.444. The Morgan fingerprint density at radius 1 is 1.53 bits per heavy atom. The van der Waals surface area contributed by atoms with Gasteiger partial charge in [-0.1, -0.05) is 15.9 Å². The SMILES string of the molecule is CC(NCc1ccc([N+](=O)[O-])cc1Br)C(=O)N(C)C. The highest BCUT2D eigenvalue weighted by Crippen LogP contribution is 2.22. The van der Waals surface area contributed by atoms with Gasteiger partial charge in [0.15, 0.2) is 0 Å². The molecule has 1 N–H and O–H groups in total. The largest absolute Gasteiger partial charge is 0.347 e. The molecule has 1 unspecified atom stereocenters. The van der Waals surface area contributed by atoms with Crippen molar-refractivity contribution in [3.63, 3.8) is 0 Å². The number of hydrogen-bond acceptors (Lipinski definition) is 4. The van der Waals surface area contributed by atoms with Gasteiger partial charge in [0.25, 0.3) is 5.69 Å². The van der Waals surface area contributed by atoms with Crippen LogP contribution >= 0.6 is 15.9 Å². The quantitative estimate of drug-likeness (QED) is 0.661. The average Bonchev–Trinajstić information content (AvgIpc) is 2.35. The molecule has 0 aliphatic carbocycles. The third-order valence-corrected chi connectivity index (χ3v) is 3.40. The number of hydrogen-bond donors (Lipinski definition) is 1. The molecule has 19 heavy (non-hydrogen) atoms. The summed E-state index contributed by atoms with van der Waals surface area (Å²) in [5.41, 5.74) is 0.900. The first-order chi connectivity index (χ1) is 8.82. The highest BCUT2D eigenvalue weighted by molar-refractivity contribution is 9.10. The van der Waals surface area contributed by atoms with Crippen LogP contribution in [0.25, 0.3) is 0 Å². The van der Waals surface area contributed by atoms with E-state index >= 15 is 0 Å². The highest BCUT2D eigenvalue weighted by atomic mass is 79.9. The fourth-order valence-corrected chi connectivity index (χ4v) is 2.04. The Morgan fingerprint density at radius 2 is 2.16 bits per heavy atom. The molecule has 1 amide bonds. The third kappa shape index (κ3) is 4.29. The number of halogens is 1. The minimum absolute atomic E-state index is 0.0157. The Kier molecular flexibility index (Phi) is 5.44. The molecule has 7 heteroatoms. The van der Waals surface area contributed by atoms with E-state index in [1.165, 1.54) is 17.0 Å². The van der Waals surface area contributed by atoms with Gasteiger partial charge in [-0.2, -0.15) is 0 Å². The van der Waals surface area contributed by atoms with Gasteiger partial charge in [0, 0.05) is 37.2 Å². The van der Waals surface area contributed by atoms with Crippen molar-refractivity contribution in [3.05, 3.63) is 38.3 Å². The van der Waals surface area contributed by atoms with Gasteiger partial charge in [-0.15, -0.1) is 0 Å². The molecule has 0 aromatic heterocycles. The van der Waals surface area contributed by atoms with E-state index in [1.807, 2.05) is 0 Å². The molecular formula is C12H16BrN3O3.